The van der Waals surface area contributed by atoms with Crippen molar-refractivity contribution in [2.75, 3.05) is 0 Å². The number of carbonyl (C=O) groups is 1. The molecule has 0 saturated carbocycles. The molecule has 0 aliphatic rings. The highest BCUT2D eigenvalue weighted by Crippen LogP contribution is 2.19. The number of aromatic nitrogens is 4. The van der Waals surface area contributed by atoms with Crippen molar-refractivity contribution in [1.29, 1.82) is 0 Å². The van der Waals surface area contributed by atoms with Crippen molar-refractivity contribution < 1.29 is 18.0 Å². The molecule has 2 heterocycles. The molecule has 0 unspecified atom stereocenters. The maximum atomic E-state index is 12.2. The summed E-state index contributed by atoms with van der Waals surface area (Å²) in [4.78, 5) is 11.9. The Morgan fingerprint density at radius 2 is 2.17 bits per heavy atom. The summed E-state index contributed by atoms with van der Waals surface area (Å²) in [6.45, 7) is 0.595. The minimum Gasteiger partial charge on any atom is -0.271 e. The van der Waals surface area contributed by atoms with Crippen LogP contribution < -0.4 is 5.43 Å². The molecule has 124 valence electrons. The van der Waals surface area contributed by atoms with E-state index >= 15 is 0 Å². The molecule has 0 radical (unpaired) electrons. The standard InChI is InChI=1S/C12H12BrF3N6O/c1-7-9(13)10(20-21(7)2)11(23)18-17-5-8-3-4-22(19-8)6-12(14,15)16/h3-5H,6H2,1-2H3,(H,18,23)/b17-5-. The highest BCUT2D eigenvalue weighted by atomic mass is 79.9. The average Bonchev–Trinajstić information content (AvgIpc) is 2.97. The Morgan fingerprint density at radius 3 is 2.74 bits per heavy atom. The topological polar surface area (TPSA) is 77.1 Å². The van der Waals surface area contributed by atoms with Crippen LogP contribution >= 0.6 is 15.9 Å². The summed E-state index contributed by atoms with van der Waals surface area (Å²) in [6, 6.07) is 1.35. The number of nitrogens with zero attached hydrogens (tertiary/aromatic N) is 5. The number of alkyl halides is 3. The van der Waals surface area contributed by atoms with Gasteiger partial charge >= 0.3 is 6.18 Å². The molecule has 2 rings (SSSR count). The van der Waals surface area contributed by atoms with E-state index in [1.54, 1.807) is 14.0 Å². The van der Waals surface area contributed by atoms with E-state index in [0.29, 0.717) is 4.47 Å². The summed E-state index contributed by atoms with van der Waals surface area (Å²) < 4.78 is 39.4. The van der Waals surface area contributed by atoms with E-state index in [1.165, 1.54) is 16.9 Å². The van der Waals surface area contributed by atoms with Crippen molar-refractivity contribution in [3.05, 3.63) is 33.8 Å². The molecular weight excluding hydrogens is 381 g/mol. The van der Waals surface area contributed by atoms with Crippen LogP contribution in [0.1, 0.15) is 21.9 Å². The van der Waals surface area contributed by atoms with Gasteiger partial charge in [0.2, 0.25) is 0 Å². The SMILES string of the molecule is Cc1c(Br)c(C(=O)N/N=C\c2ccn(CC(F)(F)F)n2)nn1C. The van der Waals surface area contributed by atoms with Crippen molar-refractivity contribution in [2.24, 2.45) is 12.1 Å². The molecular formula is C12H12BrF3N6O. The van der Waals surface area contributed by atoms with Crippen LogP contribution in [0.5, 0.6) is 0 Å². The number of hydrogen-bond acceptors (Lipinski definition) is 4. The zero-order chi connectivity index (χ0) is 17.2. The van der Waals surface area contributed by atoms with Gasteiger partial charge in [0.1, 0.15) is 12.2 Å². The average molecular weight is 393 g/mol. The second kappa shape index (κ2) is 6.52. The molecule has 11 heteroatoms. The van der Waals surface area contributed by atoms with Gasteiger partial charge in [0, 0.05) is 13.2 Å². The van der Waals surface area contributed by atoms with Gasteiger partial charge in [-0.2, -0.15) is 28.5 Å². The van der Waals surface area contributed by atoms with Crippen LogP contribution in [-0.4, -0.2) is 37.9 Å². The van der Waals surface area contributed by atoms with E-state index in [1.807, 2.05) is 0 Å². The Balaban J connectivity index is 1.99. The van der Waals surface area contributed by atoms with Crippen LogP contribution in [0.25, 0.3) is 0 Å². The number of carbonyl (C=O) groups excluding carboxylic acids is 1. The molecule has 2 aromatic rings. The Kier molecular flexibility index (Phi) is 4.88. The number of hydrogen-bond donors (Lipinski definition) is 1. The van der Waals surface area contributed by atoms with Crippen LogP contribution in [-0.2, 0) is 13.6 Å². The molecule has 1 N–H and O–H groups in total. The monoisotopic (exact) mass is 392 g/mol. The molecule has 0 aliphatic carbocycles. The summed E-state index contributed by atoms with van der Waals surface area (Å²) in [5.41, 5.74) is 3.35. The van der Waals surface area contributed by atoms with Crippen molar-refractivity contribution in [1.82, 2.24) is 25.0 Å². The number of halogens is 4. The molecule has 0 aromatic carbocycles. The predicted molar refractivity (Wildman–Crippen MR) is 79.0 cm³/mol. The molecule has 0 saturated heterocycles. The third-order valence-electron chi connectivity index (χ3n) is 2.84. The van der Waals surface area contributed by atoms with Crippen molar-refractivity contribution in [3.8, 4) is 0 Å². The van der Waals surface area contributed by atoms with Gasteiger partial charge in [-0.3, -0.25) is 14.2 Å². The van der Waals surface area contributed by atoms with Crippen molar-refractivity contribution >= 4 is 28.1 Å². The largest absolute Gasteiger partial charge is 0.408 e. The quantitative estimate of drug-likeness (QED) is 0.638. The Morgan fingerprint density at radius 1 is 1.48 bits per heavy atom. The third-order valence-corrected chi connectivity index (χ3v) is 3.79. The minimum atomic E-state index is -4.35. The number of hydrazone groups is 1. The lowest BCUT2D eigenvalue weighted by atomic mass is 10.3. The summed E-state index contributed by atoms with van der Waals surface area (Å²) in [5.74, 6) is -0.549. The van der Waals surface area contributed by atoms with Gasteiger partial charge in [-0.25, -0.2) is 5.43 Å². The lowest BCUT2D eigenvalue weighted by molar-refractivity contribution is -0.142. The van der Waals surface area contributed by atoms with E-state index < -0.39 is 18.6 Å². The Bertz CT molecular complexity index is 749. The maximum absolute atomic E-state index is 12.2. The second-order valence-electron chi connectivity index (χ2n) is 4.62. The minimum absolute atomic E-state index is 0.157. The Hall–Kier alpha value is -2.17. The first-order valence-electron chi connectivity index (χ1n) is 6.30. The van der Waals surface area contributed by atoms with E-state index in [4.69, 9.17) is 0 Å². The van der Waals surface area contributed by atoms with E-state index in [9.17, 15) is 18.0 Å². The highest BCUT2D eigenvalue weighted by molar-refractivity contribution is 9.10. The van der Waals surface area contributed by atoms with Crippen LogP contribution in [0.4, 0.5) is 13.2 Å². The van der Waals surface area contributed by atoms with Crippen LogP contribution in [0.3, 0.4) is 0 Å². The van der Waals surface area contributed by atoms with Gasteiger partial charge in [-0.15, -0.1) is 0 Å². The zero-order valence-electron chi connectivity index (χ0n) is 12.1. The summed E-state index contributed by atoms with van der Waals surface area (Å²) in [6.07, 6.45) is -2.03. The third kappa shape index (κ3) is 4.41. The summed E-state index contributed by atoms with van der Waals surface area (Å²) in [7, 11) is 1.69. The summed E-state index contributed by atoms with van der Waals surface area (Å²) >= 11 is 3.25. The first-order valence-corrected chi connectivity index (χ1v) is 7.09. The molecule has 0 fully saturated rings. The van der Waals surface area contributed by atoms with Crippen LogP contribution in [0.15, 0.2) is 21.8 Å². The van der Waals surface area contributed by atoms with Crippen LogP contribution in [0, 0.1) is 6.92 Å². The van der Waals surface area contributed by atoms with Crippen LogP contribution in [0.2, 0.25) is 0 Å². The number of aryl methyl sites for hydroxylation is 1. The predicted octanol–water partition coefficient (Wildman–Crippen LogP) is 2.01. The normalized spacial score (nSPS) is 12.1. The van der Waals surface area contributed by atoms with E-state index in [2.05, 4.69) is 36.7 Å². The fourth-order valence-corrected chi connectivity index (χ4v) is 2.17. The fraction of sp³-hybridized carbons (Fsp3) is 0.333. The maximum Gasteiger partial charge on any atom is 0.408 e. The Labute approximate surface area is 137 Å². The van der Waals surface area contributed by atoms with Gasteiger partial charge in [-0.05, 0) is 28.9 Å². The molecule has 0 spiro atoms. The smallest absolute Gasteiger partial charge is 0.271 e. The molecule has 7 nitrogen and oxygen atoms in total. The molecule has 2 aromatic heterocycles. The molecule has 0 bridgehead atoms. The molecule has 1 amide bonds. The van der Waals surface area contributed by atoms with Crippen molar-refractivity contribution in [3.63, 3.8) is 0 Å². The molecule has 0 atom stereocenters. The van der Waals surface area contributed by atoms with Gasteiger partial charge < -0.3 is 0 Å². The van der Waals surface area contributed by atoms with Gasteiger partial charge in [-0.1, -0.05) is 0 Å². The van der Waals surface area contributed by atoms with Gasteiger partial charge in [0.15, 0.2) is 5.69 Å². The number of rotatable bonds is 4. The van der Waals surface area contributed by atoms with E-state index in [0.717, 1.165) is 16.6 Å². The first-order chi connectivity index (χ1) is 10.7. The summed E-state index contributed by atoms with van der Waals surface area (Å²) in [5, 5.41) is 11.3. The highest BCUT2D eigenvalue weighted by Gasteiger charge is 2.28. The lowest BCUT2D eigenvalue weighted by Crippen LogP contribution is -2.19. The molecule has 23 heavy (non-hydrogen) atoms. The zero-order valence-corrected chi connectivity index (χ0v) is 13.7. The van der Waals surface area contributed by atoms with Gasteiger partial charge in [0.05, 0.1) is 16.4 Å². The molecule has 0 aliphatic heterocycles. The number of amides is 1. The first kappa shape index (κ1) is 17.2. The lowest BCUT2D eigenvalue weighted by Gasteiger charge is -2.04. The fourth-order valence-electron chi connectivity index (χ4n) is 1.66. The van der Waals surface area contributed by atoms with Crippen molar-refractivity contribution in [2.45, 2.75) is 19.6 Å². The van der Waals surface area contributed by atoms with Gasteiger partial charge in [0.25, 0.3) is 5.91 Å². The second-order valence-corrected chi connectivity index (χ2v) is 5.42. The number of nitrogens with one attached hydrogen (secondary N) is 1. The van der Waals surface area contributed by atoms with E-state index in [-0.39, 0.29) is 11.4 Å².